The van der Waals surface area contributed by atoms with Crippen LogP contribution in [0.1, 0.15) is 29.2 Å². The van der Waals surface area contributed by atoms with Gasteiger partial charge in [-0.3, -0.25) is 0 Å². The molecule has 3 heteroatoms. The van der Waals surface area contributed by atoms with Gasteiger partial charge in [-0.15, -0.1) is 0 Å². The second kappa shape index (κ2) is 6.41. The van der Waals surface area contributed by atoms with Crippen LogP contribution in [0.25, 0.3) is 0 Å². The van der Waals surface area contributed by atoms with Crippen molar-refractivity contribution < 1.29 is 4.74 Å². The maximum atomic E-state index is 5.57. The topological polar surface area (TPSA) is 21.3 Å². The summed E-state index contributed by atoms with van der Waals surface area (Å²) >= 11 is 3.68. The zero-order chi connectivity index (χ0) is 13.0. The summed E-state index contributed by atoms with van der Waals surface area (Å²) in [5.74, 6) is 1.04. The standard InChI is InChI=1S/C14H22BrNO/c1-6-16-8-7-12-11(4)13(15)9(2)10(3)14(12)17-5/h16H,6-8H2,1-5H3. The molecule has 0 heterocycles. The van der Waals surface area contributed by atoms with E-state index in [2.05, 4.69) is 48.9 Å². The van der Waals surface area contributed by atoms with Gasteiger partial charge in [0.05, 0.1) is 7.11 Å². The van der Waals surface area contributed by atoms with E-state index in [1.165, 1.54) is 26.7 Å². The Kier molecular flexibility index (Phi) is 5.47. The third-order valence-corrected chi connectivity index (χ3v) is 4.48. The highest BCUT2D eigenvalue weighted by molar-refractivity contribution is 9.10. The smallest absolute Gasteiger partial charge is 0.125 e. The molecular weight excluding hydrogens is 278 g/mol. The van der Waals surface area contributed by atoms with Gasteiger partial charge in [0.1, 0.15) is 5.75 Å². The highest BCUT2D eigenvalue weighted by atomic mass is 79.9. The van der Waals surface area contributed by atoms with E-state index in [1.807, 2.05) is 0 Å². The van der Waals surface area contributed by atoms with Gasteiger partial charge in [0.2, 0.25) is 0 Å². The van der Waals surface area contributed by atoms with Gasteiger partial charge >= 0.3 is 0 Å². The predicted molar refractivity (Wildman–Crippen MR) is 77.2 cm³/mol. The first-order valence-electron chi connectivity index (χ1n) is 6.07. The Balaban J connectivity index is 3.17. The Morgan fingerprint density at radius 3 is 2.29 bits per heavy atom. The molecule has 1 rings (SSSR count). The zero-order valence-corrected chi connectivity index (χ0v) is 13.0. The number of nitrogens with one attached hydrogen (secondary N) is 1. The van der Waals surface area contributed by atoms with Gasteiger partial charge in [0, 0.05) is 4.47 Å². The third kappa shape index (κ3) is 3.02. The predicted octanol–water partition coefficient (Wildman–Crippen LogP) is 3.53. The summed E-state index contributed by atoms with van der Waals surface area (Å²) in [7, 11) is 1.76. The van der Waals surface area contributed by atoms with Crippen molar-refractivity contribution in [2.75, 3.05) is 20.2 Å². The Bertz CT molecular complexity index is 402. The van der Waals surface area contributed by atoms with Crippen LogP contribution in [0.4, 0.5) is 0 Å². The lowest BCUT2D eigenvalue weighted by molar-refractivity contribution is 0.405. The van der Waals surface area contributed by atoms with Crippen LogP contribution < -0.4 is 10.1 Å². The van der Waals surface area contributed by atoms with E-state index in [0.717, 1.165) is 25.3 Å². The summed E-state index contributed by atoms with van der Waals surface area (Å²) in [6.07, 6.45) is 1.00. The van der Waals surface area contributed by atoms with Crippen molar-refractivity contribution in [3.63, 3.8) is 0 Å². The van der Waals surface area contributed by atoms with Gasteiger partial charge in [-0.05, 0) is 62.5 Å². The Morgan fingerprint density at radius 1 is 1.12 bits per heavy atom. The molecule has 1 N–H and O–H groups in total. The maximum absolute atomic E-state index is 5.57. The summed E-state index contributed by atoms with van der Waals surface area (Å²) in [6, 6.07) is 0. The first-order valence-corrected chi connectivity index (χ1v) is 6.86. The number of hydrogen-bond donors (Lipinski definition) is 1. The molecule has 0 aliphatic rings. The number of ether oxygens (including phenoxy) is 1. The van der Waals surface area contributed by atoms with Gasteiger partial charge in [0.15, 0.2) is 0 Å². The van der Waals surface area contributed by atoms with E-state index >= 15 is 0 Å². The number of methoxy groups -OCH3 is 1. The van der Waals surface area contributed by atoms with E-state index in [0.29, 0.717) is 0 Å². The molecule has 0 amide bonds. The van der Waals surface area contributed by atoms with Crippen molar-refractivity contribution in [3.05, 3.63) is 26.7 Å². The summed E-state index contributed by atoms with van der Waals surface area (Å²) in [5.41, 5.74) is 5.11. The number of likely N-dealkylation sites (N-methyl/N-ethyl adjacent to an activating group) is 1. The first-order chi connectivity index (χ1) is 8.04. The van der Waals surface area contributed by atoms with Crippen molar-refractivity contribution in [3.8, 4) is 5.75 Å². The molecule has 0 aromatic heterocycles. The van der Waals surface area contributed by atoms with Crippen LogP contribution >= 0.6 is 15.9 Å². The molecule has 1 aromatic carbocycles. The van der Waals surface area contributed by atoms with E-state index in [-0.39, 0.29) is 0 Å². The van der Waals surface area contributed by atoms with Gasteiger partial charge in [-0.1, -0.05) is 22.9 Å². The Labute approximate surface area is 113 Å². The molecule has 96 valence electrons. The second-order valence-electron chi connectivity index (χ2n) is 4.30. The second-order valence-corrected chi connectivity index (χ2v) is 5.10. The molecule has 0 saturated heterocycles. The fourth-order valence-electron chi connectivity index (χ4n) is 2.11. The lowest BCUT2D eigenvalue weighted by Crippen LogP contribution is -2.17. The van der Waals surface area contributed by atoms with Gasteiger partial charge in [-0.2, -0.15) is 0 Å². The maximum Gasteiger partial charge on any atom is 0.125 e. The fraction of sp³-hybridized carbons (Fsp3) is 0.571. The van der Waals surface area contributed by atoms with E-state index in [9.17, 15) is 0 Å². The highest BCUT2D eigenvalue weighted by Crippen LogP contribution is 2.36. The molecule has 0 atom stereocenters. The van der Waals surface area contributed by atoms with Crippen LogP contribution in [-0.4, -0.2) is 20.2 Å². The molecule has 0 fully saturated rings. The van der Waals surface area contributed by atoms with Crippen LogP contribution in [-0.2, 0) is 6.42 Å². The van der Waals surface area contributed by atoms with Crippen molar-refractivity contribution >= 4 is 15.9 Å². The summed E-state index contributed by atoms with van der Waals surface area (Å²) < 4.78 is 6.79. The summed E-state index contributed by atoms with van der Waals surface area (Å²) in [6.45, 7) is 10.5. The highest BCUT2D eigenvalue weighted by Gasteiger charge is 2.15. The minimum absolute atomic E-state index is 0.989. The number of hydrogen-bond acceptors (Lipinski definition) is 2. The van der Waals surface area contributed by atoms with Crippen LogP contribution in [0, 0.1) is 20.8 Å². The van der Waals surface area contributed by atoms with Crippen LogP contribution in [0.15, 0.2) is 4.47 Å². The fourth-order valence-corrected chi connectivity index (χ4v) is 2.65. The van der Waals surface area contributed by atoms with Crippen molar-refractivity contribution in [2.45, 2.75) is 34.1 Å². The molecule has 0 saturated carbocycles. The quantitative estimate of drug-likeness (QED) is 0.840. The van der Waals surface area contributed by atoms with Crippen molar-refractivity contribution in [1.29, 1.82) is 0 Å². The van der Waals surface area contributed by atoms with Crippen LogP contribution in [0.2, 0.25) is 0 Å². The number of halogens is 1. The zero-order valence-electron chi connectivity index (χ0n) is 11.4. The van der Waals surface area contributed by atoms with E-state index in [4.69, 9.17) is 4.74 Å². The van der Waals surface area contributed by atoms with Crippen molar-refractivity contribution in [2.24, 2.45) is 0 Å². The lowest BCUT2D eigenvalue weighted by Gasteiger charge is -2.19. The molecular formula is C14H22BrNO. The minimum Gasteiger partial charge on any atom is -0.496 e. The molecule has 0 bridgehead atoms. The SMILES string of the molecule is CCNCCc1c(C)c(Br)c(C)c(C)c1OC. The van der Waals surface area contributed by atoms with Gasteiger partial charge in [0.25, 0.3) is 0 Å². The molecule has 17 heavy (non-hydrogen) atoms. The third-order valence-electron chi connectivity index (χ3n) is 3.29. The van der Waals surface area contributed by atoms with Crippen molar-refractivity contribution in [1.82, 2.24) is 5.32 Å². The monoisotopic (exact) mass is 299 g/mol. The Hall–Kier alpha value is -0.540. The van der Waals surface area contributed by atoms with Gasteiger partial charge < -0.3 is 10.1 Å². The largest absolute Gasteiger partial charge is 0.496 e. The minimum atomic E-state index is 0.989. The average Bonchev–Trinajstić information content (AvgIpc) is 2.33. The molecule has 0 spiro atoms. The normalized spacial score (nSPS) is 10.7. The summed E-state index contributed by atoms with van der Waals surface area (Å²) in [4.78, 5) is 0. The molecule has 0 unspecified atom stereocenters. The van der Waals surface area contributed by atoms with E-state index < -0.39 is 0 Å². The molecule has 0 radical (unpaired) electrons. The number of benzene rings is 1. The van der Waals surface area contributed by atoms with Gasteiger partial charge in [-0.25, -0.2) is 0 Å². The lowest BCUT2D eigenvalue weighted by atomic mass is 9.97. The average molecular weight is 300 g/mol. The summed E-state index contributed by atoms with van der Waals surface area (Å²) in [5, 5.41) is 3.36. The Morgan fingerprint density at radius 2 is 1.76 bits per heavy atom. The first kappa shape index (κ1) is 14.5. The van der Waals surface area contributed by atoms with Crippen LogP contribution in [0.3, 0.4) is 0 Å². The van der Waals surface area contributed by atoms with E-state index in [1.54, 1.807) is 7.11 Å². The number of rotatable bonds is 5. The molecule has 0 aliphatic heterocycles. The molecule has 2 nitrogen and oxygen atoms in total. The molecule has 1 aromatic rings. The van der Waals surface area contributed by atoms with Crippen LogP contribution in [0.5, 0.6) is 5.75 Å². The molecule has 0 aliphatic carbocycles.